The molecule has 0 aromatic carbocycles. The van der Waals surface area contributed by atoms with Crippen LogP contribution in [0.3, 0.4) is 0 Å². The molecule has 2 N–H and O–H groups in total. The minimum absolute atomic E-state index is 0.0287. The molecule has 7 nitrogen and oxygen atoms in total. The number of carbonyl (C=O) groups is 1. The quantitative estimate of drug-likeness (QED) is 0.719. The summed E-state index contributed by atoms with van der Waals surface area (Å²) < 4.78 is 36.4. The normalized spacial score (nSPS) is 13.6. The molecule has 1 aromatic heterocycles. The Bertz CT molecular complexity index is 714. The number of hydrogen-bond donors (Lipinski definition) is 2. The lowest BCUT2D eigenvalue weighted by Crippen LogP contribution is -2.37. The summed E-state index contributed by atoms with van der Waals surface area (Å²) in [5, 5.41) is 3.11. The third-order valence-corrected chi connectivity index (χ3v) is 4.16. The van der Waals surface area contributed by atoms with Crippen molar-refractivity contribution in [2.24, 2.45) is 5.92 Å². The smallest absolute Gasteiger partial charge is 0.408 e. The van der Waals surface area contributed by atoms with E-state index in [4.69, 9.17) is 20.9 Å². The van der Waals surface area contributed by atoms with Crippen LogP contribution in [0.4, 0.5) is 4.79 Å². The number of hydrogen-bond acceptors (Lipinski definition) is 5. The predicted molar refractivity (Wildman–Crippen MR) is 96.3 cm³/mol. The van der Waals surface area contributed by atoms with Crippen LogP contribution >= 0.6 is 11.6 Å². The van der Waals surface area contributed by atoms with Gasteiger partial charge in [0.2, 0.25) is 0 Å². The van der Waals surface area contributed by atoms with E-state index < -0.39 is 33.6 Å². The maximum Gasteiger partial charge on any atom is 0.408 e. The summed E-state index contributed by atoms with van der Waals surface area (Å²) in [6.45, 7) is 9.06. The SMILES string of the molecule is CC(C)[C@H](NC(=O)OC(C)(C)C)c1ncc(Cl)cc1CCS(=O)(=O)O. The molecule has 1 amide bonds. The number of nitrogens with one attached hydrogen (secondary N) is 1. The Hall–Kier alpha value is -1.38. The molecule has 0 bridgehead atoms. The van der Waals surface area contributed by atoms with Crippen LogP contribution in [-0.2, 0) is 21.3 Å². The highest BCUT2D eigenvalue weighted by Gasteiger charge is 2.26. The molecule has 0 spiro atoms. The molecule has 9 heteroatoms. The highest BCUT2D eigenvalue weighted by Crippen LogP contribution is 2.26. The van der Waals surface area contributed by atoms with E-state index in [1.807, 2.05) is 13.8 Å². The lowest BCUT2D eigenvalue weighted by molar-refractivity contribution is 0.0487. The largest absolute Gasteiger partial charge is 0.444 e. The van der Waals surface area contributed by atoms with Gasteiger partial charge in [-0.2, -0.15) is 8.42 Å². The third kappa shape index (κ3) is 8.02. The van der Waals surface area contributed by atoms with Crippen molar-refractivity contribution in [2.75, 3.05) is 5.75 Å². The van der Waals surface area contributed by atoms with E-state index in [9.17, 15) is 13.2 Å². The molecule has 1 heterocycles. The van der Waals surface area contributed by atoms with Crippen molar-refractivity contribution in [3.8, 4) is 0 Å². The number of aryl methyl sites for hydroxylation is 1. The highest BCUT2D eigenvalue weighted by atomic mass is 35.5. The van der Waals surface area contributed by atoms with Gasteiger partial charge in [-0.1, -0.05) is 25.4 Å². The Kier molecular flexibility index (Phi) is 7.22. The molecule has 0 fully saturated rings. The molecular weight excluding hydrogens is 368 g/mol. The standard InChI is InChI=1S/C16H25ClN2O5S/c1-10(2)13(19-15(20)24-16(3,4)5)14-11(6-7-25(21,22)23)8-12(17)9-18-14/h8-10,13H,6-7H2,1-5H3,(H,19,20)(H,21,22,23)/t13-/m0/s1. The number of carbonyl (C=O) groups excluding carboxylic acids is 1. The molecule has 0 saturated carbocycles. The molecule has 1 rings (SSSR count). The Morgan fingerprint density at radius 1 is 1.40 bits per heavy atom. The van der Waals surface area contributed by atoms with Gasteiger partial charge in [0.05, 0.1) is 22.5 Å². The Labute approximate surface area is 153 Å². The van der Waals surface area contributed by atoms with Gasteiger partial charge in [0.15, 0.2) is 0 Å². The number of nitrogens with zero attached hydrogens (tertiary/aromatic N) is 1. The third-order valence-electron chi connectivity index (χ3n) is 3.23. The molecule has 0 unspecified atom stereocenters. The first kappa shape index (κ1) is 21.7. The Morgan fingerprint density at radius 2 is 2.00 bits per heavy atom. The molecule has 142 valence electrons. The van der Waals surface area contributed by atoms with Gasteiger partial charge >= 0.3 is 6.09 Å². The second-order valence-corrected chi connectivity index (χ2v) is 9.11. The topological polar surface area (TPSA) is 106 Å². The van der Waals surface area contributed by atoms with Crippen LogP contribution in [0.5, 0.6) is 0 Å². The van der Waals surface area contributed by atoms with Crippen molar-refractivity contribution in [1.29, 1.82) is 0 Å². The summed E-state index contributed by atoms with van der Waals surface area (Å²) in [6.07, 6.45) is 0.865. The molecule has 0 aliphatic heterocycles. The van der Waals surface area contributed by atoms with Gasteiger partial charge in [-0.3, -0.25) is 9.54 Å². The van der Waals surface area contributed by atoms with Crippen LogP contribution in [0.15, 0.2) is 12.3 Å². The van der Waals surface area contributed by atoms with Gasteiger partial charge in [-0.15, -0.1) is 0 Å². The zero-order chi connectivity index (χ0) is 19.4. The molecule has 1 aromatic rings. The van der Waals surface area contributed by atoms with Crippen LogP contribution in [0.2, 0.25) is 5.02 Å². The summed E-state index contributed by atoms with van der Waals surface area (Å²) in [6, 6.07) is 1.09. The molecule has 0 radical (unpaired) electrons. The average molecular weight is 393 g/mol. The molecular formula is C16H25ClN2O5S. The maximum atomic E-state index is 12.1. The van der Waals surface area contributed by atoms with Crippen molar-refractivity contribution < 1.29 is 22.5 Å². The highest BCUT2D eigenvalue weighted by molar-refractivity contribution is 7.85. The van der Waals surface area contributed by atoms with Gasteiger partial charge in [-0.05, 0) is 44.7 Å². The first-order valence-corrected chi connectivity index (χ1v) is 9.86. The van der Waals surface area contributed by atoms with Gasteiger partial charge in [-0.25, -0.2) is 4.79 Å². The van der Waals surface area contributed by atoms with Crippen molar-refractivity contribution in [3.05, 3.63) is 28.5 Å². The van der Waals surface area contributed by atoms with E-state index >= 15 is 0 Å². The molecule has 0 saturated heterocycles. The molecule has 0 aliphatic carbocycles. The van der Waals surface area contributed by atoms with E-state index in [0.29, 0.717) is 16.3 Å². The van der Waals surface area contributed by atoms with Crippen LogP contribution < -0.4 is 5.32 Å². The number of aromatic nitrogens is 1. The van der Waals surface area contributed by atoms with Gasteiger partial charge < -0.3 is 10.1 Å². The first-order valence-electron chi connectivity index (χ1n) is 7.87. The van der Waals surface area contributed by atoms with Gasteiger partial charge in [0.25, 0.3) is 10.1 Å². The fraction of sp³-hybridized carbons (Fsp3) is 0.625. The number of rotatable bonds is 6. The van der Waals surface area contributed by atoms with Crippen molar-refractivity contribution in [3.63, 3.8) is 0 Å². The summed E-state index contributed by atoms with van der Waals surface area (Å²) >= 11 is 5.96. The second-order valence-electron chi connectivity index (χ2n) is 7.10. The van der Waals surface area contributed by atoms with E-state index in [0.717, 1.165) is 0 Å². The van der Waals surface area contributed by atoms with E-state index in [2.05, 4.69) is 10.3 Å². The summed E-state index contributed by atoms with van der Waals surface area (Å²) in [5.74, 6) is -0.495. The number of alkyl carbamates (subject to hydrolysis) is 1. The molecule has 0 aliphatic rings. The summed E-state index contributed by atoms with van der Waals surface area (Å²) in [4.78, 5) is 16.4. The lowest BCUT2D eigenvalue weighted by atomic mass is 9.96. The Morgan fingerprint density at radius 3 is 2.48 bits per heavy atom. The van der Waals surface area contributed by atoms with Crippen LogP contribution in [0.1, 0.15) is 51.9 Å². The van der Waals surface area contributed by atoms with Crippen LogP contribution in [0.25, 0.3) is 0 Å². The summed E-state index contributed by atoms with van der Waals surface area (Å²) in [5.41, 5.74) is 0.390. The minimum atomic E-state index is -4.13. The lowest BCUT2D eigenvalue weighted by Gasteiger charge is -2.26. The van der Waals surface area contributed by atoms with E-state index in [1.54, 1.807) is 26.8 Å². The molecule has 25 heavy (non-hydrogen) atoms. The van der Waals surface area contributed by atoms with Crippen LogP contribution in [-0.4, -0.2) is 35.4 Å². The Balaban J connectivity index is 3.12. The molecule has 1 atom stereocenters. The minimum Gasteiger partial charge on any atom is -0.444 e. The van der Waals surface area contributed by atoms with Crippen molar-refractivity contribution in [1.82, 2.24) is 10.3 Å². The summed E-state index contributed by atoms with van der Waals surface area (Å²) in [7, 11) is -4.13. The zero-order valence-electron chi connectivity index (χ0n) is 15.0. The predicted octanol–water partition coefficient (Wildman–Crippen LogP) is 3.39. The monoisotopic (exact) mass is 392 g/mol. The number of amides is 1. The number of halogens is 1. The van der Waals surface area contributed by atoms with Crippen molar-refractivity contribution in [2.45, 2.75) is 52.7 Å². The van der Waals surface area contributed by atoms with Gasteiger partial charge in [0.1, 0.15) is 5.60 Å². The number of pyridine rings is 1. The van der Waals surface area contributed by atoms with E-state index in [1.165, 1.54) is 6.20 Å². The van der Waals surface area contributed by atoms with E-state index in [-0.39, 0.29) is 12.3 Å². The first-order chi connectivity index (χ1) is 11.3. The second kappa shape index (κ2) is 8.33. The van der Waals surface area contributed by atoms with Crippen LogP contribution in [0, 0.1) is 5.92 Å². The maximum absolute atomic E-state index is 12.1. The number of ether oxygens (including phenoxy) is 1. The fourth-order valence-corrected chi connectivity index (χ4v) is 2.85. The van der Waals surface area contributed by atoms with Gasteiger partial charge in [0, 0.05) is 6.20 Å². The van der Waals surface area contributed by atoms with Crippen molar-refractivity contribution >= 4 is 27.8 Å². The fourth-order valence-electron chi connectivity index (χ4n) is 2.20. The zero-order valence-corrected chi connectivity index (χ0v) is 16.6. The average Bonchev–Trinajstić information content (AvgIpc) is 2.40.